The summed E-state index contributed by atoms with van der Waals surface area (Å²) in [5.41, 5.74) is 3.91. The standard InChI is InChI=1S/C24H28ClF3N4O/c1-14-15(2)29-22(24(26,27)28)30-21(14)32-12-19(20(33)13-32)31-7-5-23(6-8-31)10-16-3-4-18(25)9-17(16)11-23/h3-4,9,19-20,33H,5-8,10-13H2,1-2H3. The first kappa shape index (κ1) is 22.9. The smallest absolute Gasteiger partial charge is 0.390 e. The number of benzene rings is 1. The van der Waals surface area contributed by atoms with Gasteiger partial charge in [-0.05, 0) is 81.3 Å². The van der Waals surface area contributed by atoms with Crippen molar-refractivity contribution in [3.05, 3.63) is 51.4 Å². The lowest BCUT2D eigenvalue weighted by Crippen LogP contribution is -2.50. The number of aryl methyl sites for hydroxylation is 1. The Balaban J connectivity index is 1.28. The number of aliphatic hydroxyl groups is 1. The summed E-state index contributed by atoms with van der Waals surface area (Å²) in [4.78, 5) is 11.6. The lowest BCUT2D eigenvalue weighted by molar-refractivity contribution is -0.145. The lowest BCUT2D eigenvalue weighted by atomic mass is 9.75. The Labute approximate surface area is 196 Å². The third-order valence-corrected chi connectivity index (χ3v) is 8.04. The number of nitrogens with zero attached hydrogens (tertiary/aromatic N) is 4. The van der Waals surface area contributed by atoms with Gasteiger partial charge in [-0.2, -0.15) is 13.2 Å². The molecule has 2 fully saturated rings. The molecule has 1 aromatic heterocycles. The molecule has 1 spiro atoms. The van der Waals surface area contributed by atoms with Crippen molar-refractivity contribution in [3.8, 4) is 0 Å². The zero-order valence-corrected chi connectivity index (χ0v) is 19.5. The Morgan fingerprint density at radius 3 is 2.45 bits per heavy atom. The van der Waals surface area contributed by atoms with E-state index >= 15 is 0 Å². The summed E-state index contributed by atoms with van der Waals surface area (Å²) >= 11 is 6.18. The molecule has 0 saturated carbocycles. The second-order valence-electron chi connectivity index (χ2n) is 9.92. The number of rotatable bonds is 2. The topological polar surface area (TPSA) is 52.5 Å². The molecule has 1 aromatic carbocycles. The summed E-state index contributed by atoms with van der Waals surface area (Å²) in [6.07, 6.45) is -1.07. The van der Waals surface area contributed by atoms with Crippen LogP contribution < -0.4 is 4.90 Å². The molecule has 2 unspecified atom stereocenters. The molecule has 178 valence electrons. The second-order valence-corrected chi connectivity index (χ2v) is 10.4. The molecule has 2 aromatic rings. The van der Waals surface area contributed by atoms with Crippen LogP contribution in [0.3, 0.4) is 0 Å². The van der Waals surface area contributed by atoms with Gasteiger partial charge in [0.1, 0.15) is 5.82 Å². The minimum atomic E-state index is -4.60. The maximum atomic E-state index is 13.3. The third kappa shape index (κ3) is 4.21. The number of aromatic nitrogens is 2. The molecule has 0 radical (unpaired) electrons. The van der Waals surface area contributed by atoms with Crippen LogP contribution in [0.5, 0.6) is 0 Å². The molecule has 9 heteroatoms. The molecule has 33 heavy (non-hydrogen) atoms. The number of hydrogen-bond donors (Lipinski definition) is 1. The van der Waals surface area contributed by atoms with E-state index in [1.807, 2.05) is 6.07 Å². The summed E-state index contributed by atoms with van der Waals surface area (Å²) < 4.78 is 39.8. The highest BCUT2D eigenvalue weighted by Gasteiger charge is 2.44. The van der Waals surface area contributed by atoms with Crippen LogP contribution in [0.1, 0.15) is 41.1 Å². The Morgan fingerprint density at radius 2 is 1.76 bits per heavy atom. The van der Waals surface area contributed by atoms with Gasteiger partial charge in [-0.25, -0.2) is 9.97 Å². The van der Waals surface area contributed by atoms with Crippen LogP contribution in [0, 0.1) is 19.3 Å². The molecular weight excluding hydrogens is 453 g/mol. The molecule has 5 rings (SSSR count). The van der Waals surface area contributed by atoms with Gasteiger partial charge in [0.25, 0.3) is 0 Å². The number of β-amino-alcohol motifs (C(OH)–C–C–N with tert-alkyl or cyclic N) is 1. The lowest BCUT2D eigenvalue weighted by Gasteiger charge is -2.42. The zero-order chi connectivity index (χ0) is 23.5. The normalized spacial score (nSPS) is 25.1. The highest BCUT2D eigenvalue weighted by Crippen LogP contribution is 2.46. The van der Waals surface area contributed by atoms with Crippen LogP contribution in [0.15, 0.2) is 18.2 Å². The number of aliphatic hydroxyl groups excluding tert-OH is 1. The maximum Gasteiger partial charge on any atom is 0.451 e. The molecule has 3 aliphatic rings. The van der Waals surface area contributed by atoms with Crippen molar-refractivity contribution >= 4 is 17.4 Å². The number of likely N-dealkylation sites (tertiary alicyclic amines) is 1. The molecular formula is C24H28ClF3N4O. The summed E-state index contributed by atoms with van der Waals surface area (Å²) in [7, 11) is 0. The van der Waals surface area contributed by atoms with E-state index in [-0.39, 0.29) is 23.8 Å². The molecule has 5 nitrogen and oxygen atoms in total. The van der Waals surface area contributed by atoms with Gasteiger partial charge in [-0.15, -0.1) is 0 Å². The van der Waals surface area contributed by atoms with E-state index in [1.165, 1.54) is 11.1 Å². The maximum absolute atomic E-state index is 13.3. The quantitative estimate of drug-likeness (QED) is 0.698. The average molecular weight is 481 g/mol. The highest BCUT2D eigenvalue weighted by atomic mass is 35.5. The van der Waals surface area contributed by atoms with Gasteiger partial charge < -0.3 is 10.0 Å². The average Bonchev–Trinajstić information content (AvgIpc) is 3.29. The fourth-order valence-electron chi connectivity index (χ4n) is 5.84. The fourth-order valence-corrected chi connectivity index (χ4v) is 6.03. The van der Waals surface area contributed by atoms with Crippen molar-refractivity contribution in [1.82, 2.24) is 14.9 Å². The van der Waals surface area contributed by atoms with Crippen molar-refractivity contribution in [2.75, 3.05) is 31.1 Å². The Kier molecular flexibility index (Phi) is 5.61. The Bertz CT molecular complexity index is 1070. The molecule has 1 aliphatic carbocycles. The number of fused-ring (bicyclic) bond motifs is 1. The number of anilines is 1. The van der Waals surface area contributed by atoms with Crippen LogP contribution in [0.4, 0.5) is 19.0 Å². The van der Waals surface area contributed by atoms with Crippen molar-refractivity contribution in [1.29, 1.82) is 0 Å². The predicted molar refractivity (Wildman–Crippen MR) is 121 cm³/mol. The van der Waals surface area contributed by atoms with Gasteiger partial charge in [-0.1, -0.05) is 17.7 Å². The number of halogens is 4. The molecule has 2 saturated heterocycles. The Hall–Kier alpha value is -1.90. The van der Waals surface area contributed by atoms with Crippen LogP contribution >= 0.6 is 11.6 Å². The van der Waals surface area contributed by atoms with E-state index in [0.29, 0.717) is 17.8 Å². The van der Waals surface area contributed by atoms with Gasteiger partial charge >= 0.3 is 6.18 Å². The van der Waals surface area contributed by atoms with E-state index in [1.54, 1.807) is 18.7 Å². The van der Waals surface area contributed by atoms with E-state index in [0.717, 1.165) is 43.8 Å². The number of hydrogen-bond acceptors (Lipinski definition) is 5. The van der Waals surface area contributed by atoms with Gasteiger partial charge in [-0.3, -0.25) is 4.90 Å². The van der Waals surface area contributed by atoms with Gasteiger partial charge in [0.2, 0.25) is 5.82 Å². The Morgan fingerprint density at radius 1 is 1.06 bits per heavy atom. The zero-order valence-electron chi connectivity index (χ0n) is 18.8. The first-order valence-corrected chi connectivity index (χ1v) is 11.8. The van der Waals surface area contributed by atoms with Crippen LogP contribution in [0.25, 0.3) is 0 Å². The van der Waals surface area contributed by atoms with Crippen molar-refractivity contribution in [2.24, 2.45) is 5.41 Å². The van der Waals surface area contributed by atoms with E-state index in [2.05, 4.69) is 27.0 Å². The van der Waals surface area contributed by atoms with Crippen molar-refractivity contribution < 1.29 is 18.3 Å². The highest BCUT2D eigenvalue weighted by molar-refractivity contribution is 6.30. The third-order valence-electron chi connectivity index (χ3n) is 7.80. The minimum Gasteiger partial charge on any atom is -0.390 e. The van der Waals surface area contributed by atoms with E-state index < -0.39 is 18.1 Å². The molecule has 3 heterocycles. The molecule has 2 atom stereocenters. The van der Waals surface area contributed by atoms with Crippen LogP contribution in [-0.4, -0.2) is 58.3 Å². The molecule has 0 bridgehead atoms. The first-order chi connectivity index (χ1) is 15.5. The van der Waals surface area contributed by atoms with Gasteiger partial charge in [0, 0.05) is 29.4 Å². The number of alkyl halides is 3. The van der Waals surface area contributed by atoms with Crippen LogP contribution in [0.2, 0.25) is 5.02 Å². The van der Waals surface area contributed by atoms with E-state index in [9.17, 15) is 18.3 Å². The van der Waals surface area contributed by atoms with Crippen LogP contribution in [-0.2, 0) is 19.0 Å². The largest absolute Gasteiger partial charge is 0.451 e. The summed E-state index contributed by atoms with van der Waals surface area (Å²) in [5, 5.41) is 11.6. The van der Waals surface area contributed by atoms with Crippen molar-refractivity contribution in [3.63, 3.8) is 0 Å². The number of piperidine rings is 1. The molecule has 2 aliphatic heterocycles. The monoisotopic (exact) mass is 480 g/mol. The first-order valence-electron chi connectivity index (χ1n) is 11.4. The van der Waals surface area contributed by atoms with Gasteiger partial charge in [0.05, 0.1) is 12.1 Å². The SMILES string of the molecule is Cc1nc(C(F)(F)F)nc(N2CC(O)C(N3CCC4(CC3)Cc3ccc(Cl)cc3C4)C2)c1C. The van der Waals surface area contributed by atoms with Gasteiger partial charge in [0.15, 0.2) is 0 Å². The van der Waals surface area contributed by atoms with Crippen molar-refractivity contribution in [2.45, 2.75) is 57.9 Å². The molecule has 1 N–H and O–H groups in total. The summed E-state index contributed by atoms with van der Waals surface area (Å²) in [6, 6.07) is 6.06. The predicted octanol–water partition coefficient (Wildman–Crippen LogP) is 4.20. The van der Waals surface area contributed by atoms with E-state index in [4.69, 9.17) is 11.6 Å². The minimum absolute atomic E-state index is 0.121. The second kappa shape index (κ2) is 8.10. The summed E-state index contributed by atoms with van der Waals surface area (Å²) in [5.74, 6) is -0.854. The molecule has 0 amide bonds. The summed E-state index contributed by atoms with van der Waals surface area (Å²) in [6.45, 7) is 5.76. The fraction of sp³-hybridized carbons (Fsp3) is 0.583.